The van der Waals surface area contributed by atoms with Crippen LogP contribution in [0.25, 0.3) is 0 Å². The minimum absolute atomic E-state index is 0.0267. The number of nitrogens with two attached hydrogens (primary N) is 1. The highest BCUT2D eigenvalue weighted by molar-refractivity contribution is 7.12. The van der Waals surface area contributed by atoms with Crippen molar-refractivity contribution in [2.75, 3.05) is 18.8 Å². The molecule has 1 aliphatic heterocycles. The number of amides is 2. The molecule has 5 nitrogen and oxygen atoms in total. The molecule has 0 spiro atoms. The number of rotatable bonds is 4. The Labute approximate surface area is 123 Å². The van der Waals surface area contributed by atoms with E-state index in [0.717, 1.165) is 32.2 Å². The highest BCUT2D eigenvalue weighted by Crippen LogP contribution is 2.26. The van der Waals surface area contributed by atoms with Crippen LogP contribution >= 0.6 is 11.3 Å². The average Bonchev–Trinajstić information content (AvgIpc) is 2.84. The van der Waals surface area contributed by atoms with Gasteiger partial charge in [-0.3, -0.25) is 9.59 Å². The molecule has 0 unspecified atom stereocenters. The van der Waals surface area contributed by atoms with E-state index >= 15 is 0 Å². The Morgan fingerprint density at radius 3 is 2.95 bits per heavy atom. The van der Waals surface area contributed by atoms with Crippen molar-refractivity contribution in [1.82, 2.24) is 10.2 Å². The fourth-order valence-electron chi connectivity index (χ4n) is 2.61. The molecule has 2 amide bonds. The smallest absolute Gasteiger partial charge is 0.266 e. The second-order valence-corrected chi connectivity index (χ2v) is 6.04. The van der Waals surface area contributed by atoms with Crippen LogP contribution in [-0.2, 0) is 4.79 Å². The standard InChI is InChI=1S/C14H21N3O2S/c1-10(18)16-7-5-11-4-2-3-8-17(11)14(19)13-12(15)6-9-20-13/h6,9,11H,2-5,7-8,15H2,1H3,(H,16,18)/t11-/m1/s1. The summed E-state index contributed by atoms with van der Waals surface area (Å²) in [4.78, 5) is 26.0. The summed E-state index contributed by atoms with van der Waals surface area (Å²) in [5.41, 5.74) is 6.40. The van der Waals surface area contributed by atoms with Crippen molar-refractivity contribution in [1.29, 1.82) is 0 Å². The zero-order valence-corrected chi connectivity index (χ0v) is 12.5. The van der Waals surface area contributed by atoms with E-state index < -0.39 is 0 Å². The summed E-state index contributed by atoms with van der Waals surface area (Å²) < 4.78 is 0. The Balaban J connectivity index is 2.01. The minimum atomic E-state index is -0.0267. The van der Waals surface area contributed by atoms with Crippen molar-refractivity contribution in [3.05, 3.63) is 16.3 Å². The summed E-state index contributed by atoms with van der Waals surface area (Å²) in [6, 6.07) is 1.97. The summed E-state index contributed by atoms with van der Waals surface area (Å²) in [6.07, 6.45) is 3.97. The number of carbonyl (C=O) groups excluding carboxylic acids is 2. The zero-order valence-electron chi connectivity index (χ0n) is 11.7. The molecular weight excluding hydrogens is 274 g/mol. The van der Waals surface area contributed by atoms with Gasteiger partial charge in [-0.25, -0.2) is 0 Å². The van der Waals surface area contributed by atoms with Gasteiger partial charge in [0.25, 0.3) is 5.91 Å². The zero-order chi connectivity index (χ0) is 14.5. The maximum absolute atomic E-state index is 12.6. The van der Waals surface area contributed by atoms with Gasteiger partial charge in [-0.05, 0) is 37.1 Å². The number of hydrogen-bond donors (Lipinski definition) is 2. The van der Waals surface area contributed by atoms with Gasteiger partial charge in [0.1, 0.15) is 4.88 Å². The van der Waals surface area contributed by atoms with Crippen LogP contribution < -0.4 is 11.1 Å². The molecular formula is C14H21N3O2S. The van der Waals surface area contributed by atoms with Crippen molar-refractivity contribution in [2.45, 2.75) is 38.6 Å². The van der Waals surface area contributed by atoms with Crippen LogP contribution in [0.15, 0.2) is 11.4 Å². The van der Waals surface area contributed by atoms with Gasteiger partial charge in [0.05, 0.1) is 5.69 Å². The maximum Gasteiger partial charge on any atom is 0.266 e. The molecule has 1 aromatic rings. The molecule has 1 aliphatic rings. The lowest BCUT2D eigenvalue weighted by Gasteiger charge is -2.35. The summed E-state index contributed by atoms with van der Waals surface area (Å²) in [5, 5.41) is 4.65. The first-order valence-electron chi connectivity index (χ1n) is 6.98. The van der Waals surface area contributed by atoms with Gasteiger partial charge in [-0.1, -0.05) is 0 Å². The molecule has 6 heteroatoms. The van der Waals surface area contributed by atoms with E-state index in [1.807, 2.05) is 10.3 Å². The number of nitrogens with zero attached hydrogens (tertiary/aromatic N) is 1. The summed E-state index contributed by atoms with van der Waals surface area (Å²) in [7, 11) is 0. The van der Waals surface area contributed by atoms with Crippen molar-refractivity contribution in [3.63, 3.8) is 0 Å². The fourth-order valence-corrected chi connectivity index (χ4v) is 3.38. The Hall–Kier alpha value is -1.56. The molecule has 0 aliphatic carbocycles. The molecule has 0 bridgehead atoms. The van der Waals surface area contributed by atoms with Gasteiger partial charge in [-0.15, -0.1) is 11.3 Å². The fraction of sp³-hybridized carbons (Fsp3) is 0.571. The summed E-state index contributed by atoms with van der Waals surface area (Å²) >= 11 is 1.40. The number of anilines is 1. The molecule has 0 saturated carbocycles. The van der Waals surface area contributed by atoms with E-state index in [1.54, 1.807) is 6.07 Å². The third-order valence-electron chi connectivity index (χ3n) is 3.63. The monoisotopic (exact) mass is 295 g/mol. The predicted octanol–water partition coefficient (Wildman–Crippen LogP) is 1.85. The topological polar surface area (TPSA) is 75.4 Å². The third kappa shape index (κ3) is 3.50. The van der Waals surface area contributed by atoms with Gasteiger partial charge in [0.15, 0.2) is 0 Å². The molecule has 3 N–H and O–H groups in total. The van der Waals surface area contributed by atoms with E-state index in [1.165, 1.54) is 18.3 Å². The van der Waals surface area contributed by atoms with Crippen molar-refractivity contribution >= 4 is 28.8 Å². The first-order chi connectivity index (χ1) is 9.59. The van der Waals surface area contributed by atoms with Crippen LogP contribution in [0.5, 0.6) is 0 Å². The Kier molecular flexibility index (Phi) is 5.00. The molecule has 1 fully saturated rings. The lowest BCUT2D eigenvalue weighted by atomic mass is 9.99. The van der Waals surface area contributed by atoms with E-state index in [-0.39, 0.29) is 17.9 Å². The first kappa shape index (κ1) is 14.8. The SMILES string of the molecule is CC(=O)NCC[C@H]1CCCCN1C(=O)c1sccc1N. The first-order valence-corrected chi connectivity index (χ1v) is 7.86. The average molecular weight is 295 g/mol. The second-order valence-electron chi connectivity index (χ2n) is 5.12. The largest absolute Gasteiger partial charge is 0.397 e. The lowest BCUT2D eigenvalue weighted by Crippen LogP contribution is -2.45. The molecule has 1 aromatic heterocycles. The van der Waals surface area contributed by atoms with Gasteiger partial charge in [0, 0.05) is 26.1 Å². The van der Waals surface area contributed by atoms with Crippen molar-refractivity contribution in [2.24, 2.45) is 0 Å². The highest BCUT2D eigenvalue weighted by atomic mass is 32.1. The normalized spacial score (nSPS) is 18.9. The second kappa shape index (κ2) is 6.74. The Bertz CT molecular complexity index is 487. The quantitative estimate of drug-likeness (QED) is 0.890. The molecule has 1 saturated heterocycles. The van der Waals surface area contributed by atoms with Crippen molar-refractivity contribution in [3.8, 4) is 0 Å². The summed E-state index contributed by atoms with van der Waals surface area (Å²) in [5.74, 6) is 0.00575. The van der Waals surface area contributed by atoms with Gasteiger partial charge in [0.2, 0.25) is 5.91 Å². The number of piperidine rings is 1. The predicted molar refractivity (Wildman–Crippen MR) is 80.7 cm³/mol. The number of carbonyl (C=O) groups is 2. The van der Waals surface area contributed by atoms with Crippen LogP contribution in [0.2, 0.25) is 0 Å². The number of nitrogen functional groups attached to an aromatic ring is 1. The minimum Gasteiger partial charge on any atom is -0.397 e. The third-order valence-corrected chi connectivity index (χ3v) is 4.55. The van der Waals surface area contributed by atoms with E-state index in [2.05, 4.69) is 5.32 Å². The Morgan fingerprint density at radius 1 is 1.50 bits per heavy atom. The maximum atomic E-state index is 12.6. The van der Waals surface area contributed by atoms with E-state index in [9.17, 15) is 9.59 Å². The number of hydrogen-bond acceptors (Lipinski definition) is 4. The van der Waals surface area contributed by atoms with Crippen molar-refractivity contribution < 1.29 is 9.59 Å². The molecule has 20 heavy (non-hydrogen) atoms. The van der Waals surface area contributed by atoms with Crippen LogP contribution in [0.1, 0.15) is 42.3 Å². The Morgan fingerprint density at radius 2 is 2.30 bits per heavy atom. The van der Waals surface area contributed by atoms with Crippen LogP contribution in [0.3, 0.4) is 0 Å². The molecule has 0 aromatic carbocycles. The van der Waals surface area contributed by atoms with Gasteiger partial charge in [-0.2, -0.15) is 0 Å². The number of nitrogens with one attached hydrogen (secondary N) is 1. The van der Waals surface area contributed by atoms with Crippen LogP contribution in [-0.4, -0.2) is 35.8 Å². The number of likely N-dealkylation sites (tertiary alicyclic amines) is 1. The van der Waals surface area contributed by atoms with Gasteiger partial charge >= 0.3 is 0 Å². The van der Waals surface area contributed by atoms with Gasteiger partial charge < -0.3 is 16.0 Å². The van der Waals surface area contributed by atoms with E-state index in [4.69, 9.17) is 5.73 Å². The highest BCUT2D eigenvalue weighted by Gasteiger charge is 2.28. The molecule has 110 valence electrons. The van der Waals surface area contributed by atoms with E-state index in [0.29, 0.717) is 17.1 Å². The molecule has 1 atom stereocenters. The van der Waals surface area contributed by atoms with Crippen LogP contribution in [0, 0.1) is 0 Å². The van der Waals surface area contributed by atoms with Crippen LogP contribution in [0.4, 0.5) is 5.69 Å². The molecule has 0 radical (unpaired) electrons. The molecule has 2 rings (SSSR count). The summed E-state index contributed by atoms with van der Waals surface area (Å²) in [6.45, 7) is 2.90. The molecule has 2 heterocycles. The lowest BCUT2D eigenvalue weighted by molar-refractivity contribution is -0.119. The number of thiophene rings is 1.